The normalized spacial score (nSPS) is 11.7. The molecule has 10 heteroatoms. The molecule has 0 bridgehead atoms. The summed E-state index contributed by atoms with van der Waals surface area (Å²) in [6, 6.07) is 6.65. The van der Waals surface area contributed by atoms with Gasteiger partial charge in [-0.05, 0) is 30.2 Å². The molecular formula is C17H25N5O5. The van der Waals surface area contributed by atoms with Gasteiger partial charge in [0.25, 0.3) is 5.91 Å². The molecule has 0 aliphatic heterocycles. The molecule has 0 heterocycles. The van der Waals surface area contributed by atoms with Gasteiger partial charge in [0, 0.05) is 17.0 Å². The number of benzene rings is 1. The summed E-state index contributed by atoms with van der Waals surface area (Å²) >= 11 is 0. The fourth-order valence-electron chi connectivity index (χ4n) is 1.96. The Kier molecular flexibility index (Phi) is 10.2. The number of carbonyl (C=O) groups excluding carboxylic acids is 2. The number of azide groups is 1. The first-order valence-electron chi connectivity index (χ1n) is 9.05. The molecule has 1 rings (SSSR count). The third-order valence-electron chi connectivity index (χ3n) is 3.26. The van der Waals surface area contributed by atoms with E-state index in [1.165, 1.54) is 0 Å². The van der Waals surface area contributed by atoms with E-state index in [0.717, 1.165) is 12.8 Å². The highest BCUT2D eigenvalue weighted by molar-refractivity contribution is 5.94. The molecular weight excluding hydrogens is 354 g/mol. The van der Waals surface area contributed by atoms with E-state index in [0.29, 0.717) is 17.9 Å². The first-order valence-corrected chi connectivity index (χ1v) is 8.55. The molecule has 0 fully saturated rings. The second-order valence-electron chi connectivity index (χ2n) is 5.45. The molecule has 0 aliphatic carbocycles. The first kappa shape index (κ1) is 20.5. The zero-order chi connectivity index (χ0) is 20.6. The Hall–Kier alpha value is -2.81. The molecule has 0 saturated carbocycles. The highest BCUT2D eigenvalue weighted by Crippen LogP contribution is 2.14. The van der Waals surface area contributed by atoms with E-state index in [9.17, 15) is 9.59 Å². The van der Waals surface area contributed by atoms with E-state index in [4.69, 9.17) is 21.2 Å². The number of unbranched alkanes of at least 4 members (excludes halogenated alkanes) is 1. The summed E-state index contributed by atoms with van der Waals surface area (Å²) in [4.78, 5) is 25.6. The van der Waals surface area contributed by atoms with Crippen LogP contribution < -0.4 is 15.8 Å². The standard InChI is InChI=1S/C17H25N5O5/c1-2-3-7-20-17(24)13-5-4-6-14(10-13)27-12-16(21-22-19)26-9-8-25-11-15(18)23/h4-6,10,16H,2-3,7-9,11-12H2,1H3,(H2,18,23)(H,20,24)/i/hT. The maximum atomic E-state index is 12.1. The van der Waals surface area contributed by atoms with Crippen LogP contribution in [0.1, 0.15) is 30.1 Å². The number of primary amides is 1. The van der Waals surface area contributed by atoms with E-state index >= 15 is 0 Å². The van der Waals surface area contributed by atoms with Gasteiger partial charge in [0.1, 0.15) is 19.0 Å². The quantitative estimate of drug-likeness (QED) is 0.218. The Morgan fingerprint density at radius 1 is 1.44 bits per heavy atom. The summed E-state index contributed by atoms with van der Waals surface area (Å²) in [7, 11) is 0. The minimum absolute atomic E-state index is 0.0574. The van der Waals surface area contributed by atoms with Crippen LogP contribution in [0.5, 0.6) is 5.75 Å². The van der Waals surface area contributed by atoms with Gasteiger partial charge in [-0.3, -0.25) is 9.59 Å². The lowest BCUT2D eigenvalue weighted by atomic mass is 10.2. The van der Waals surface area contributed by atoms with Gasteiger partial charge in [-0.25, -0.2) is 0 Å². The van der Waals surface area contributed by atoms with Crippen LogP contribution in [0.2, 0.25) is 1.41 Å². The van der Waals surface area contributed by atoms with Crippen molar-refractivity contribution in [1.29, 1.82) is 0 Å². The van der Waals surface area contributed by atoms with Gasteiger partial charge < -0.3 is 25.3 Å². The van der Waals surface area contributed by atoms with E-state index in [2.05, 4.69) is 15.3 Å². The van der Waals surface area contributed by atoms with Crippen LogP contribution in [-0.4, -0.2) is 51.0 Å². The first-order chi connectivity index (χ1) is 13.6. The molecule has 1 atom stereocenters. The van der Waals surface area contributed by atoms with Crippen LogP contribution in [-0.2, 0) is 14.3 Å². The molecule has 27 heavy (non-hydrogen) atoms. The van der Waals surface area contributed by atoms with Crippen molar-refractivity contribution in [2.45, 2.75) is 26.0 Å². The summed E-state index contributed by atoms with van der Waals surface area (Å²) in [5.74, 6) is -0.322. The smallest absolute Gasteiger partial charge is 0.251 e. The minimum atomic E-state index is -0.902. The Morgan fingerprint density at radius 2 is 2.30 bits per heavy atom. The van der Waals surface area contributed by atoms with E-state index in [-0.39, 0.29) is 32.3 Å². The fourth-order valence-corrected chi connectivity index (χ4v) is 1.96. The second kappa shape index (κ2) is 13.4. The SMILES string of the molecule is [3H]NC(=O)COCCOC(COc1cccc(C(=O)NCCCC)c1)N=[N+]=[N-]. The Labute approximate surface area is 159 Å². The van der Waals surface area contributed by atoms with E-state index < -0.39 is 12.1 Å². The average molecular weight is 381 g/mol. The van der Waals surface area contributed by atoms with Crippen molar-refractivity contribution >= 4 is 11.8 Å². The molecule has 1 aromatic carbocycles. The van der Waals surface area contributed by atoms with E-state index in [1.807, 2.05) is 6.92 Å². The predicted molar refractivity (Wildman–Crippen MR) is 98.1 cm³/mol. The monoisotopic (exact) mass is 381 g/mol. The molecule has 2 amide bonds. The topological polar surface area (TPSA) is 149 Å². The van der Waals surface area contributed by atoms with Crippen LogP contribution in [0.25, 0.3) is 10.4 Å². The van der Waals surface area contributed by atoms with Crippen LogP contribution >= 0.6 is 0 Å². The predicted octanol–water partition coefficient (Wildman–Crippen LogP) is 1.75. The van der Waals surface area contributed by atoms with Crippen molar-refractivity contribution in [1.82, 2.24) is 5.32 Å². The van der Waals surface area contributed by atoms with Crippen molar-refractivity contribution in [3.8, 4) is 5.75 Å². The Balaban J connectivity index is 2.45. The summed E-state index contributed by atoms with van der Waals surface area (Å²) in [5.41, 5.74) is 10.8. The molecule has 1 unspecified atom stereocenters. The number of hydrogen-bond donors (Lipinski definition) is 2. The number of ether oxygens (including phenoxy) is 3. The summed E-state index contributed by atoms with van der Waals surface area (Å²) in [6.45, 7) is 2.49. The third-order valence-corrected chi connectivity index (χ3v) is 3.26. The fraction of sp³-hybridized carbons (Fsp3) is 0.529. The molecule has 0 aromatic heterocycles. The lowest BCUT2D eigenvalue weighted by molar-refractivity contribution is -0.123. The lowest BCUT2D eigenvalue weighted by Gasteiger charge is -2.14. The van der Waals surface area contributed by atoms with Gasteiger partial charge in [-0.1, -0.05) is 24.5 Å². The van der Waals surface area contributed by atoms with E-state index in [1.54, 1.807) is 30.0 Å². The van der Waals surface area contributed by atoms with Crippen LogP contribution in [0.4, 0.5) is 0 Å². The van der Waals surface area contributed by atoms with Crippen LogP contribution in [0, 0.1) is 0 Å². The average Bonchev–Trinajstić information content (AvgIpc) is 2.71. The number of nitrogens with zero attached hydrogens (tertiary/aromatic N) is 3. The van der Waals surface area contributed by atoms with Crippen molar-refractivity contribution in [3.63, 3.8) is 0 Å². The largest absolute Gasteiger partial charge is 0.491 e. The highest BCUT2D eigenvalue weighted by Gasteiger charge is 2.10. The third kappa shape index (κ3) is 10.0. The van der Waals surface area contributed by atoms with Gasteiger partial charge in [0.05, 0.1) is 13.2 Å². The molecule has 148 valence electrons. The molecule has 0 radical (unpaired) electrons. The minimum Gasteiger partial charge on any atom is -0.491 e. The highest BCUT2D eigenvalue weighted by atomic mass is 16.6. The molecule has 1 aromatic rings. The van der Waals surface area contributed by atoms with Crippen LogP contribution in [0.3, 0.4) is 0 Å². The lowest BCUT2D eigenvalue weighted by Crippen LogP contribution is -2.25. The van der Waals surface area contributed by atoms with Crippen molar-refractivity contribution in [2.24, 2.45) is 10.8 Å². The number of rotatable bonds is 14. The number of carbonyl (C=O) groups is 2. The second-order valence-corrected chi connectivity index (χ2v) is 5.45. The van der Waals surface area contributed by atoms with Gasteiger partial charge >= 0.3 is 0 Å². The number of amides is 2. The van der Waals surface area contributed by atoms with Gasteiger partial charge in [0.15, 0.2) is 7.64 Å². The number of nitrogens with one attached hydrogen (secondary N) is 1. The van der Waals surface area contributed by atoms with Gasteiger partial charge in [0.2, 0.25) is 5.91 Å². The Bertz CT molecular complexity index is 669. The molecule has 3 N–H and O–H groups in total. The molecule has 0 aliphatic rings. The van der Waals surface area contributed by atoms with Gasteiger partial charge in [-0.2, -0.15) is 0 Å². The number of hydrogen-bond acceptors (Lipinski definition) is 6. The zero-order valence-corrected chi connectivity index (χ0v) is 15.2. The Morgan fingerprint density at radius 3 is 3.04 bits per heavy atom. The van der Waals surface area contributed by atoms with Crippen molar-refractivity contribution in [2.75, 3.05) is 33.0 Å². The molecule has 0 spiro atoms. The zero-order valence-electron chi connectivity index (χ0n) is 16.2. The number of nitrogens with two attached hydrogens (primary N) is 1. The maximum absolute atomic E-state index is 12.1. The molecule has 0 saturated heterocycles. The summed E-state index contributed by atoms with van der Waals surface area (Å²) in [5, 5.41) is 6.31. The summed E-state index contributed by atoms with van der Waals surface area (Å²) < 4.78 is 22.5. The van der Waals surface area contributed by atoms with Gasteiger partial charge in [-0.15, -0.1) is 0 Å². The van der Waals surface area contributed by atoms with Crippen LogP contribution in [0.15, 0.2) is 29.4 Å². The van der Waals surface area contributed by atoms with Crippen molar-refractivity contribution in [3.05, 3.63) is 40.3 Å². The summed E-state index contributed by atoms with van der Waals surface area (Å²) in [6.07, 6.45) is 0.998. The maximum Gasteiger partial charge on any atom is 0.251 e. The van der Waals surface area contributed by atoms with Crippen molar-refractivity contribution < 1.29 is 25.2 Å². The molecule has 10 nitrogen and oxygen atoms in total.